The van der Waals surface area contributed by atoms with Crippen LogP contribution in [0.15, 0.2) is 194 Å². The van der Waals surface area contributed by atoms with Crippen molar-refractivity contribution in [2.24, 2.45) is 0 Å². The Hall–Kier alpha value is -6.33. The summed E-state index contributed by atoms with van der Waals surface area (Å²) >= 11 is 3.61. The predicted molar refractivity (Wildman–Crippen MR) is 229 cm³/mol. The molecule has 2 heterocycles. The van der Waals surface area contributed by atoms with E-state index >= 15 is 0 Å². The summed E-state index contributed by atoms with van der Waals surface area (Å²) in [5.41, 5.74) is 12.8. The first-order valence-electron chi connectivity index (χ1n) is 17.8. The molecule has 10 rings (SSSR count). The van der Waals surface area contributed by atoms with Crippen molar-refractivity contribution >= 4 is 70.1 Å². The summed E-state index contributed by atoms with van der Waals surface area (Å²) < 4.78 is 3.79. The molecule has 0 aliphatic heterocycles. The minimum Gasteiger partial charge on any atom is -0.311 e. The van der Waals surface area contributed by atoms with E-state index in [1.165, 1.54) is 63.8 Å². The number of anilines is 3. The van der Waals surface area contributed by atoms with Gasteiger partial charge in [-0.05, 0) is 94.0 Å². The first-order chi connectivity index (χ1) is 26.2. The van der Waals surface area contributed by atoms with E-state index in [9.17, 15) is 0 Å². The maximum atomic E-state index is 4.99. The smallest absolute Gasteiger partial charge is 0.124 e. The molecule has 0 saturated heterocycles. The number of thiophene rings is 1. The maximum Gasteiger partial charge on any atom is 0.124 e. The number of hydrogen-bond acceptors (Lipinski definition) is 4. The van der Waals surface area contributed by atoms with Gasteiger partial charge in [-0.15, -0.1) is 22.7 Å². The van der Waals surface area contributed by atoms with E-state index in [4.69, 9.17) is 4.98 Å². The van der Waals surface area contributed by atoms with Crippen molar-refractivity contribution < 1.29 is 0 Å². The first-order valence-corrected chi connectivity index (χ1v) is 19.4. The van der Waals surface area contributed by atoms with Crippen molar-refractivity contribution in [2.45, 2.75) is 0 Å². The third kappa shape index (κ3) is 5.98. The topological polar surface area (TPSA) is 16.1 Å². The second kappa shape index (κ2) is 13.3. The lowest BCUT2D eigenvalue weighted by Gasteiger charge is -2.26. The SMILES string of the molecule is c1ccc(-c2ccc(N(c3ccc(-c4ccccc4)cc3)c3ccc(-c4ccc5sc6cc7nc(-c8ccccc8)sc7cc6c5c4)cc3)cc2)cc1. The molecule has 0 atom stereocenters. The number of aromatic nitrogens is 1. The number of nitrogens with zero attached hydrogens (tertiary/aromatic N) is 2. The van der Waals surface area contributed by atoms with Gasteiger partial charge in [0.2, 0.25) is 0 Å². The van der Waals surface area contributed by atoms with Gasteiger partial charge in [-0.2, -0.15) is 0 Å². The van der Waals surface area contributed by atoms with Gasteiger partial charge in [0.1, 0.15) is 5.01 Å². The van der Waals surface area contributed by atoms with Gasteiger partial charge in [0.15, 0.2) is 0 Å². The molecule has 4 heteroatoms. The van der Waals surface area contributed by atoms with E-state index in [1.807, 2.05) is 11.3 Å². The van der Waals surface area contributed by atoms with Crippen LogP contribution in [-0.4, -0.2) is 4.98 Å². The number of fused-ring (bicyclic) bond motifs is 4. The predicted octanol–water partition coefficient (Wildman–Crippen LogP) is 14.8. The Kier molecular flexibility index (Phi) is 7.90. The summed E-state index contributed by atoms with van der Waals surface area (Å²) in [4.78, 5) is 7.33. The van der Waals surface area contributed by atoms with Crippen LogP contribution in [0.1, 0.15) is 0 Å². The summed E-state index contributed by atoms with van der Waals surface area (Å²) in [6.07, 6.45) is 0. The van der Waals surface area contributed by atoms with Crippen LogP contribution in [0.4, 0.5) is 17.1 Å². The van der Waals surface area contributed by atoms with Crippen molar-refractivity contribution in [3.8, 4) is 44.0 Å². The Morgan fingerprint density at radius 3 is 1.28 bits per heavy atom. The second-order valence-corrected chi connectivity index (χ2v) is 15.3. The van der Waals surface area contributed by atoms with E-state index < -0.39 is 0 Å². The number of rotatable bonds is 7. The molecule has 0 saturated carbocycles. The van der Waals surface area contributed by atoms with E-state index in [-0.39, 0.29) is 0 Å². The average molecular weight is 713 g/mol. The van der Waals surface area contributed by atoms with E-state index in [0.29, 0.717) is 0 Å². The zero-order valence-electron chi connectivity index (χ0n) is 28.7. The quantitative estimate of drug-likeness (QED) is 0.164. The molecular formula is C49H32N2S2. The van der Waals surface area contributed by atoms with Gasteiger partial charge in [-0.1, -0.05) is 133 Å². The summed E-state index contributed by atoms with van der Waals surface area (Å²) in [5.74, 6) is 0. The van der Waals surface area contributed by atoms with Crippen molar-refractivity contribution in [2.75, 3.05) is 4.90 Å². The van der Waals surface area contributed by atoms with Crippen LogP contribution >= 0.6 is 22.7 Å². The molecule has 0 aliphatic rings. The number of benzene rings is 8. The largest absolute Gasteiger partial charge is 0.311 e. The molecule has 8 aromatic carbocycles. The molecule has 250 valence electrons. The van der Waals surface area contributed by atoms with Crippen molar-refractivity contribution in [3.05, 3.63) is 194 Å². The molecule has 2 aromatic heterocycles. The zero-order valence-corrected chi connectivity index (χ0v) is 30.3. The lowest BCUT2D eigenvalue weighted by molar-refractivity contribution is 1.28. The number of thiazole rings is 1. The molecular weight excluding hydrogens is 681 g/mol. The van der Waals surface area contributed by atoms with Gasteiger partial charge >= 0.3 is 0 Å². The Bertz CT molecular complexity index is 2760. The van der Waals surface area contributed by atoms with Crippen molar-refractivity contribution in [1.29, 1.82) is 0 Å². The summed E-state index contributed by atoms with van der Waals surface area (Å²) in [5, 5.41) is 3.65. The maximum absolute atomic E-state index is 4.99. The molecule has 0 radical (unpaired) electrons. The summed E-state index contributed by atoms with van der Waals surface area (Å²) in [7, 11) is 0. The van der Waals surface area contributed by atoms with Crippen LogP contribution in [0.3, 0.4) is 0 Å². The van der Waals surface area contributed by atoms with Crippen LogP contribution in [0.5, 0.6) is 0 Å². The Labute approximate surface area is 316 Å². The van der Waals surface area contributed by atoms with Crippen LogP contribution in [0, 0.1) is 0 Å². The summed E-state index contributed by atoms with van der Waals surface area (Å²) in [6.45, 7) is 0. The fourth-order valence-corrected chi connectivity index (χ4v) is 9.29. The highest BCUT2D eigenvalue weighted by Gasteiger charge is 2.15. The third-order valence-corrected chi connectivity index (χ3v) is 12.1. The molecule has 10 aromatic rings. The van der Waals surface area contributed by atoms with Crippen LogP contribution in [-0.2, 0) is 0 Å². The zero-order chi connectivity index (χ0) is 35.1. The van der Waals surface area contributed by atoms with Gasteiger partial charge in [0.25, 0.3) is 0 Å². The van der Waals surface area contributed by atoms with Gasteiger partial charge < -0.3 is 4.90 Å². The lowest BCUT2D eigenvalue weighted by Crippen LogP contribution is -2.09. The molecule has 0 fully saturated rings. The van der Waals surface area contributed by atoms with Crippen LogP contribution < -0.4 is 4.90 Å². The van der Waals surface area contributed by atoms with Crippen molar-refractivity contribution in [3.63, 3.8) is 0 Å². The van der Waals surface area contributed by atoms with Gasteiger partial charge in [0, 0.05) is 42.8 Å². The molecule has 0 aliphatic carbocycles. The average Bonchev–Trinajstić information content (AvgIpc) is 3.82. The molecule has 0 bridgehead atoms. The standard InChI is InChI=1S/C49H32N2S2/c1-4-10-33(11-5-1)35-16-23-40(24-17-35)51(41-25-18-36(19-26-41)34-12-6-2-7-13-34)42-27-20-37(21-28-42)39-22-29-46-43(30-39)44-31-48-45(32-47(44)52-46)50-49(53-48)38-14-8-3-9-15-38/h1-32H. The van der Waals surface area contributed by atoms with Gasteiger partial charge in [-0.3, -0.25) is 0 Å². The molecule has 0 spiro atoms. The highest BCUT2D eigenvalue weighted by molar-refractivity contribution is 7.26. The Balaban J connectivity index is 1.01. The lowest BCUT2D eigenvalue weighted by atomic mass is 10.0. The first kappa shape index (κ1) is 31.4. The van der Waals surface area contributed by atoms with E-state index in [2.05, 4.69) is 199 Å². The van der Waals surface area contributed by atoms with Gasteiger partial charge in [-0.25, -0.2) is 4.98 Å². The molecule has 0 unspecified atom stereocenters. The third-order valence-electron chi connectivity index (χ3n) is 9.92. The molecule has 0 N–H and O–H groups in total. The normalized spacial score (nSPS) is 11.4. The monoisotopic (exact) mass is 712 g/mol. The Morgan fingerprint density at radius 2 is 0.755 bits per heavy atom. The highest BCUT2D eigenvalue weighted by Crippen LogP contribution is 2.42. The van der Waals surface area contributed by atoms with E-state index in [1.54, 1.807) is 11.3 Å². The Morgan fingerprint density at radius 1 is 0.321 bits per heavy atom. The minimum absolute atomic E-state index is 1.07. The van der Waals surface area contributed by atoms with Gasteiger partial charge in [0.05, 0.1) is 10.2 Å². The van der Waals surface area contributed by atoms with E-state index in [0.717, 1.165) is 27.6 Å². The highest BCUT2D eigenvalue weighted by atomic mass is 32.1. The second-order valence-electron chi connectivity index (χ2n) is 13.2. The number of hydrogen-bond donors (Lipinski definition) is 0. The molecule has 0 amide bonds. The molecule has 53 heavy (non-hydrogen) atoms. The van der Waals surface area contributed by atoms with Crippen molar-refractivity contribution in [1.82, 2.24) is 4.98 Å². The van der Waals surface area contributed by atoms with Crippen LogP contribution in [0.2, 0.25) is 0 Å². The molecule has 2 nitrogen and oxygen atoms in total. The fourth-order valence-electron chi connectivity index (χ4n) is 7.20. The van der Waals surface area contributed by atoms with Crippen LogP contribution in [0.25, 0.3) is 74.3 Å². The minimum atomic E-state index is 1.07. The fraction of sp³-hybridized carbons (Fsp3) is 0. The summed E-state index contributed by atoms with van der Waals surface area (Å²) in [6, 6.07) is 69.8.